The highest BCUT2D eigenvalue weighted by Crippen LogP contribution is 2.30. The zero-order chi connectivity index (χ0) is 15.2. The van der Waals surface area contributed by atoms with Crippen LogP contribution in [0.5, 0.6) is 5.75 Å². The van der Waals surface area contributed by atoms with Crippen molar-refractivity contribution in [3.63, 3.8) is 0 Å². The SMILES string of the molecule is COc1ccc(C2=C(C(=O)NCCSF)NCO2)cc1Cl. The Hall–Kier alpha value is -1.60. The largest absolute Gasteiger partial charge is 0.495 e. The third-order valence-electron chi connectivity index (χ3n) is 2.80. The number of carbonyl (C=O) groups is 1. The van der Waals surface area contributed by atoms with E-state index in [-0.39, 0.29) is 37.1 Å². The second-order valence-electron chi connectivity index (χ2n) is 4.09. The smallest absolute Gasteiger partial charge is 0.271 e. The molecule has 0 aliphatic carbocycles. The van der Waals surface area contributed by atoms with Crippen molar-refractivity contribution in [2.75, 3.05) is 26.1 Å². The third kappa shape index (κ3) is 3.74. The standard InChI is InChI=1S/C13H14ClFN2O3S/c1-19-10-3-2-8(6-9(10)14)12-11(17-7-20-12)13(18)16-4-5-21-15/h2-3,6,17H,4-5,7H2,1H3,(H,16,18). The lowest BCUT2D eigenvalue weighted by Gasteiger charge is -2.08. The summed E-state index contributed by atoms with van der Waals surface area (Å²) >= 11 is 6.24. The van der Waals surface area contributed by atoms with E-state index in [1.54, 1.807) is 18.2 Å². The van der Waals surface area contributed by atoms with Crippen LogP contribution in [0.4, 0.5) is 3.89 Å². The summed E-state index contributed by atoms with van der Waals surface area (Å²) in [6.45, 7) is 0.432. The van der Waals surface area contributed by atoms with Crippen LogP contribution in [0.15, 0.2) is 23.9 Å². The van der Waals surface area contributed by atoms with Crippen molar-refractivity contribution in [2.45, 2.75) is 0 Å². The number of carbonyl (C=O) groups excluding carboxylic acids is 1. The Kier molecular flexibility index (Phi) is 5.58. The molecule has 8 heteroatoms. The molecule has 0 aromatic heterocycles. The second-order valence-corrected chi connectivity index (χ2v) is 5.12. The third-order valence-corrected chi connectivity index (χ3v) is 3.45. The van der Waals surface area contributed by atoms with Gasteiger partial charge in [0.25, 0.3) is 5.91 Å². The molecule has 114 valence electrons. The number of nitrogens with one attached hydrogen (secondary N) is 2. The second kappa shape index (κ2) is 7.42. The Labute approximate surface area is 131 Å². The lowest BCUT2D eigenvalue weighted by Crippen LogP contribution is -2.31. The summed E-state index contributed by atoms with van der Waals surface area (Å²) in [6.07, 6.45) is 0. The van der Waals surface area contributed by atoms with Crippen LogP contribution in [0.2, 0.25) is 5.02 Å². The highest BCUT2D eigenvalue weighted by molar-refractivity contribution is 7.94. The van der Waals surface area contributed by atoms with Gasteiger partial charge in [0, 0.05) is 30.0 Å². The Morgan fingerprint density at radius 2 is 2.43 bits per heavy atom. The van der Waals surface area contributed by atoms with Gasteiger partial charge in [0.1, 0.15) is 11.4 Å². The van der Waals surface area contributed by atoms with Gasteiger partial charge < -0.3 is 20.1 Å². The fourth-order valence-electron chi connectivity index (χ4n) is 1.84. The molecule has 2 N–H and O–H groups in total. The minimum absolute atomic E-state index is 0.176. The molecule has 0 fully saturated rings. The molecule has 0 bridgehead atoms. The van der Waals surface area contributed by atoms with Gasteiger partial charge in [0.05, 0.1) is 12.1 Å². The molecular weight excluding hydrogens is 319 g/mol. The minimum Gasteiger partial charge on any atom is -0.495 e. The van der Waals surface area contributed by atoms with Gasteiger partial charge in [-0.15, -0.1) is 0 Å². The van der Waals surface area contributed by atoms with Crippen molar-refractivity contribution >= 4 is 35.4 Å². The molecular formula is C13H14ClFN2O3S. The summed E-state index contributed by atoms with van der Waals surface area (Å²) in [5, 5.41) is 5.88. The van der Waals surface area contributed by atoms with Crippen LogP contribution < -0.4 is 15.4 Å². The highest BCUT2D eigenvalue weighted by Gasteiger charge is 2.23. The van der Waals surface area contributed by atoms with Crippen molar-refractivity contribution in [3.8, 4) is 5.75 Å². The number of methoxy groups -OCH3 is 1. The van der Waals surface area contributed by atoms with Crippen molar-refractivity contribution in [3.05, 3.63) is 34.5 Å². The quantitative estimate of drug-likeness (QED) is 0.783. The lowest BCUT2D eigenvalue weighted by molar-refractivity contribution is -0.117. The van der Waals surface area contributed by atoms with E-state index in [1.807, 2.05) is 0 Å². The van der Waals surface area contributed by atoms with Gasteiger partial charge in [-0.3, -0.25) is 4.79 Å². The molecule has 0 spiro atoms. The highest BCUT2D eigenvalue weighted by atomic mass is 35.5. The molecule has 21 heavy (non-hydrogen) atoms. The van der Waals surface area contributed by atoms with Crippen LogP contribution in [0.25, 0.3) is 5.76 Å². The van der Waals surface area contributed by atoms with Crippen LogP contribution in [-0.4, -0.2) is 32.0 Å². The molecule has 5 nitrogen and oxygen atoms in total. The average Bonchev–Trinajstić information content (AvgIpc) is 2.96. The maximum absolute atomic E-state index is 12.0. The fraction of sp³-hybridized carbons (Fsp3) is 0.308. The zero-order valence-corrected chi connectivity index (χ0v) is 12.8. The summed E-state index contributed by atoms with van der Waals surface area (Å²) < 4.78 is 22.5. The predicted molar refractivity (Wildman–Crippen MR) is 80.6 cm³/mol. The Balaban J connectivity index is 2.21. The molecule has 1 aromatic rings. The number of rotatable bonds is 6. The van der Waals surface area contributed by atoms with E-state index in [0.29, 0.717) is 27.8 Å². The number of amides is 1. The molecule has 1 aromatic carbocycles. The first-order valence-electron chi connectivity index (χ1n) is 6.14. The molecule has 1 aliphatic rings. The molecule has 0 atom stereocenters. The molecule has 1 aliphatic heterocycles. The Bertz CT molecular complexity index is 568. The van der Waals surface area contributed by atoms with Crippen LogP contribution in [0.3, 0.4) is 0 Å². The monoisotopic (exact) mass is 332 g/mol. The van der Waals surface area contributed by atoms with Crippen LogP contribution in [0.1, 0.15) is 5.56 Å². The molecule has 1 amide bonds. The van der Waals surface area contributed by atoms with Gasteiger partial charge in [-0.2, -0.15) is 3.89 Å². The van der Waals surface area contributed by atoms with E-state index >= 15 is 0 Å². The lowest BCUT2D eigenvalue weighted by atomic mass is 10.1. The summed E-state index contributed by atoms with van der Waals surface area (Å²) in [7, 11) is 1.52. The van der Waals surface area contributed by atoms with Crippen LogP contribution in [-0.2, 0) is 9.53 Å². The fourth-order valence-corrected chi connectivity index (χ4v) is 2.28. The number of ether oxygens (including phenoxy) is 2. The first-order valence-corrected chi connectivity index (χ1v) is 7.40. The summed E-state index contributed by atoms with van der Waals surface area (Å²) in [5.41, 5.74) is 0.968. The topological polar surface area (TPSA) is 59.6 Å². The van der Waals surface area contributed by atoms with Gasteiger partial charge in [0.2, 0.25) is 0 Å². The summed E-state index contributed by atoms with van der Waals surface area (Å²) in [4.78, 5) is 12.0. The van der Waals surface area contributed by atoms with E-state index in [2.05, 4.69) is 10.6 Å². The average molecular weight is 333 g/mol. The maximum Gasteiger partial charge on any atom is 0.271 e. The summed E-state index contributed by atoms with van der Waals surface area (Å²) in [6, 6.07) is 5.10. The normalized spacial score (nSPS) is 13.7. The van der Waals surface area contributed by atoms with Crippen molar-refractivity contribution in [2.24, 2.45) is 0 Å². The molecule has 2 rings (SSSR count). The van der Waals surface area contributed by atoms with E-state index in [1.165, 1.54) is 7.11 Å². The van der Waals surface area contributed by atoms with Crippen LogP contribution >= 0.6 is 23.7 Å². The molecule has 0 saturated carbocycles. The van der Waals surface area contributed by atoms with Crippen molar-refractivity contribution in [1.82, 2.24) is 10.6 Å². The zero-order valence-electron chi connectivity index (χ0n) is 11.2. The van der Waals surface area contributed by atoms with E-state index in [4.69, 9.17) is 21.1 Å². The first kappa shape index (κ1) is 15.8. The van der Waals surface area contributed by atoms with E-state index in [0.717, 1.165) is 0 Å². The molecule has 0 radical (unpaired) electrons. The van der Waals surface area contributed by atoms with E-state index in [9.17, 15) is 8.68 Å². The number of hydrogen-bond acceptors (Lipinski definition) is 5. The first-order chi connectivity index (χ1) is 10.2. The van der Waals surface area contributed by atoms with Gasteiger partial charge in [0.15, 0.2) is 12.5 Å². The molecule has 1 heterocycles. The minimum atomic E-state index is -0.344. The van der Waals surface area contributed by atoms with Crippen molar-refractivity contribution < 1.29 is 18.2 Å². The van der Waals surface area contributed by atoms with Gasteiger partial charge in [-0.1, -0.05) is 11.6 Å². The molecule has 0 saturated heterocycles. The number of benzene rings is 1. The van der Waals surface area contributed by atoms with Crippen LogP contribution in [0, 0.1) is 0 Å². The maximum atomic E-state index is 12.0. The Morgan fingerprint density at radius 1 is 1.62 bits per heavy atom. The van der Waals surface area contributed by atoms with Crippen molar-refractivity contribution in [1.29, 1.82) is 0 Å². The van der Waals surface area contributed by atoms with Gasteiger partial charge >= 0.3 is 0 Å². The van der Waals surface area contributed by atoms with Gasteiger partial charge in [-0.05, 0) is 18.2 Å². The predicted octanol–water partition coefficient (Wildman–Crippen LogP) is 2.33. The Morgan fingerprint density at radius 3 is 3.10 bits per heavy atom. The number of halogens is 2. The number of hydrogen-bond donors (Lipinski definition) is 2. The van der Waals surface area contributed by atoms with E-state index < -0.39 is 0 Å². The summed E-state index contributed by atoms with van der Waals surface area (Å²) in [5.74, 6) is 0.801. The molecule has 0 unspecified atom stereocenters. The van der Waals surface area contributed by atoms with Gasteiger partial charge in [-0.25, -0.2) is 0 Å².